The molecule has 3 heteroatoms. The summed E-state index contributed by atoms with van der Waals surface area (Å²) in [6.45, 7) is 2.16. The first-order chi connectivity index (χ1) is 22.6. The highest BCUT2D eigenvalue weighted by molar-refractivity contribution is 7.26. The van der Waals surface area contributed by atoms with Crippen molar-refractivity contribution in [1.82, 2.24) is 0 Å². The van der Waals surface area contributed by atoms with Crippen LogP contribution in [0.1, 0.15) is 5.56 Å². The maximum Gasteiger partial charge on any atom is 0.0355 e. The Morgan fingerprint density at radius 1 is 0.283 bits per heavy atom. The molecule has 0 radical (unpaired) electrons. The molecular weight excluding hydrogens is 613 g/mol. The molecule has 0 aliphatic heterocycles. The maximum atomic E-state index is 2.40. The van der Waals surface area contributed by atoms with Gasteiger partial charge in [0, 0.05) is 60.5 Å². The van der Waals surface area contributed by atoms with Gasteiger partial charge >= 0.3 is 0 Å². The van der Waals surface area contributed by atoms with Crippen molar-refractivity contribution in [2.75, 3.05) is 0 Å². The van der Waals surface area contributed by atoms with Crippen LogP contribution in [0.2, 0.25) is 0 Å². The molecule has 10 aromatic rings. The maximum absolute atomic E-state index is 2.40. The van der Waals surface area contributed by atoms with E-state index < -0.39 is 0 Å². The Labute approximate surface area is 278 Å². The van der Waals surface area contributed by atoms with Gasteiger partial charge in [0.25, 0.3) is 0 Å². The zero-order valence-corrected chi connectivity index (χ0v) is 27.5. The van der Waals surface area contributed by atoms with Gasteiger partial charge in [-0.15, -0.1) is 34.0 Å². The molecule has 0 fully saturated rings. The SMILES string of the molecule is Cc1cccc(-c2ccc3sc4ccc(-c5ccc6sc7ccc(-c8ccc9sc%10ccccc%10c9c8)cc7c6c5)cc4c3c2)c1. The van der Waals surface area contributed by atoms with Crippen LogP contribution in [0.5, 0.6) is 0 Å². The predicted octanol–water partition coefficient (Wildman–Crippen LogP) is 14.1. The number of hydrogen-bond acceptors (Lipinski definition) is 3. The normalized spacial score (nSPS) is 12.0. The molecule has 216 valence electrons. The third kappa shape index (κ3) is 4.16. The topological polar surface area (TPSA) is 0 Å². The Morgan fingerprint density at radius 3 is 1.04 bits per heavy atom. The molecule has 0 spiro atoms. The molecule has 10 rings (SSSR count). The zero-order chi connectivity index (χ0) is 30.4. The summed E-state index contributed by atoms with van der Waals surface area (Å²) in [6, 6.07) is 52.4. The van der Waals surface area contributed by atoms with Gasteiger partial charge in [-0.3, -0.25) is 0 Å². The van der Waals surface area contributed by atoms with Gasteiger partial charge in [-0.2, -0.15) is 0 Å². The fourth-order valence-electron chi connectivity index (χ4n) is 7.00. The van der Waals surface area contributed by atoms with Crippen LogP contribution in [0.25, 0.3) is 93.9 Å². The smallest absolute Gasteiger partial charge is 0.0355 e. The van der Waals surface area contributed by atoms with E-state index >= 15 is 0 Å². The van der Waals surface area contributed by atoms with E-state index in [1.54, 1.807) is 0 Å². The third-order valence-corrected chi connectivity index (χ3v) is 12.8. The summed E-state index contributed by atoms with van der Waals surface area (Å²) < 4.78 is 8.03. The molecule has 3 aromatic heterocycles. The molecule has 0 atom stereocenters. The Hall–Kier alpha value is -4.80. The van der Waals surface area contributed by atoms with Gasteiger partial charge in [-0.05, 0) is 107 Å². The van der Waals surface area contributed by atoms with Gasteiger partial charge in [0.1, 0.15) is 0 Å². The lowest BCUT2D eigenvalue weighted by Gasteiger charge is -2.06. The largest absolute Gasteiger partial charge is 0.135 e. The Bertz CT molecular complexity index is 2820. The minimum Gasteiger partial charge on any atom is -0.135 e. The number of hydrogen-bond donors (Lipinski definition) is 0. The van der Waals surface area contributed by atoms with Crippen LogP contribution in [-0.2, 0) is 0 Å². The fraction of sp³-hybridized carbons (Fsp3) is 0.0233. The van der Waals surface area contributed by atoms with Crippen molar-refractivity contribution in [3.63, 3.8) is 0 Å². The van der Waals surface area contributed by atoms with Gasteiger partial charge < -0.3 is 0 Å². The first-order valence-electron chi connectivity index (χ1n) is 15.6. The average molecular weight is 639 g/mol. The van der Waals surface area contributed by atoms with Crippen LogP contribution in [0, 0.1) is 6.92 Å². The monoisotopic (exact) mass is 638 g/mol. The average Bonchev–Trinajstić information content (AvgIpc) is 3.77. The second-order valence-corrected chi connectivity index (χ2v) is 15.5. The van der Waals surface area contributed by atoms with Crippen LogP contribution in [0.15, 0.2) is 140 Å². The number of aryl methyl sites for hydroxylation is 1. The van der Waals surface area contributed by atoms with Crippen molar-refractivity contribution < 1.29 is 0 Å². The molecular formula is C43H26S3. The van der Waals surface area contributed by atoms with E-state index in [1.165, 1.54) is 99.5 Å². The van der Waals surface area contributed by atoms with Crippen LogP contribution in [0.4, 0.5) is 0 Å². The summed E-state index contributed by atoms with van der Waals surface area (Å²) in [7, 11) is 0. The number of fused-ring (bicyclic) bond motifs is 9. The van der Waals surface area contributed by atoms with E-state index in [2.05, 4.69) is 146 Å². The van der Waals surface area contributed by atoms with E-state index in [-0.39, 0.29) is 0 Å². The van der Waals surface area contributed by atoms with Gasteiger partial charge in [-0.1, -0.05) is 78.4 Å². The second-order valence-electron chi connectivity index (χ2n) is 12.2. The number of thiophene rings is 3. The standard InChI is InChI=1S/C43H26S3/c1-25-5-4-6-26(19-25)27-9-15-40-34(21-27)35-23-30(12-17-41(35)45-40)31-13-18-43-37(24-31)36-22-29(11-16-42(36)46-43)28-10-14-39-33(20-28)32-7-2-3-8-38(32)44-39/h2-24H,1H3. The third-order valence-electron chi connectivity index (χ3n) is 9.33. The molecule has 0 aliphatic carbocycles. The fourth-order valence-corrected chi connectivity index (χ4v) is 10.2. The highest BCUT2D eigenvalue weighted by Gasteiger charge is 2.13. The summed E-state index contributed by atoms with van der Waals surface area (Å²) in [5.74, 6) is 0. The Balaban J connectivity index is 1.09. The highest BCUT2D eigenvalue weighted by Crippen LogP contribution is 2.42. The van der Waals surface area contributed by atoms with Crippen LogP contribution in [0.3, 0.4) is 0 Å². The van der Waals surface area contributed by atoms with Crippen LogP contribution >= 0.6 is 34.0 Å². The van der Waals surface area contributed by atoms with E-state index in [9.17, 15) is 0 Å². The molecule has 0 N–H and O–H groups in total. The molecule has 0 bridgehead atoms. The minimum atomic E-state index is 1.26. The molecule has 7 aromatic carbocycles. The van der Waals surface area contributed by atoms with E-state index in [4.69, 9.17) is 0 Å². The molecule has 0 amide bonds. The second kappa shape index (κ2) is 10.1. The minimum absolute atomic E-state index is 1.26. The number of benzene rings is 7. The first-order valence-corrected chi connectivity index (χ1v) is 18.0. The van der Waals surface area contributed by atoms with Crippen molar-refractivity contribution in [2.24, 2.45) is 0 Å². The van der Waals surface area contributed by atoms with Crippen molar-refractivity contribution in [1.29, 1.82) is 0 Å². The van der Waals surface area contributed by atoms with Gasteiger partial charge in [0.2, 0.25) is 0 Å². The van der Waals surface area contributed by atoms with Gasteiger partial charge in [-0.25, -0.2) is 0 Å². The lowest BCUT2D eigenvalue weighted by Crippen LogP contribution is -1.80. The van der Waals surface area contributed by atoms with Gasteiger partial charge in [0.05, 0.1) is 0 Å². The van der Waals surface area contributed by atoms with Crippen molar-refractivity contribution in [2.45, 2.75) is 6.92 Å². The predicted molar refractivity (Wildman–Crippen MR) is 206 cm³/mol. The summed E-state index contributed by atoms with van der Waals surface area (Å²) >= 11 is 5.64. The van der Waals surface area contributed by atoms with E-state index in [0.717, 1.165) is 0 Å². The van der Waals surface area contributed by atoms with Crippen LogP contribution in [-0.4, -0.2) is 0 Å². The van der Waals surface area contributed by atoms with E-state index in [0.29, 0.717) is 0 Å². The molecule has 0 saturated carbocycles. The van der Waals surface area contributed by atoms with Crippen molar-refractivity contribution in [3.05, 3.63) is 145 Å². The highest BCUT2D eigenvalue weighted by atomic mass is 32.1. The quantitative estimate of drug-likeness (QED) is 0.181. The Morgan fingerprint density at radius 2 is 0.630 bits per heavy atom. The van der Waals surface area contributed by atoms with Gasteiger partial charge in [0.15, 0.2) is 0 Å². The molecule has 46 heavy (non-hydrogen) atoms. The lowest BCUT2D eigenvalue weighted by atomic mass is 9.98. The summed E-state index contributed by atoms with van der Waals surface area (Å²) in [4.78, 5) is 0. The molecule has 0 unspecified atom stereocenters. The van der Waals surface area contributed by atoms with E-state index in [1.807, 2.05) is 34.0 Å². The van der Waals surface area contributed by atoms with Crippen LogP contribution < -0.4 is 0 Å². The molecule has 3 heterocycles. The summed E-state index contributed by atoms with van der Waals surface area (Å²) in [5.41, 5.74) is 8.90. The first kappa shape index (κ1) is 26.4. The van der Waals surface area contributed by atoms with Crippen molar-refractivity contribution in [3.8, 4) is 33.4 Å². The molecule has 0 aliphatic rings. The Kier molecular flexibility index (Phi) is 5.80. The molecule has 0 saturated heterocycles. The lowest BCUT2D eigenvalue weighted by molar-refractivity contribution is 1.47. The zero-order valence-electron chi connectivity index (χ0n) is 25.0. The molecule has 0 nitrogen and oxygen atoms in total. The number of rotatable bonds is 3. The van der Waals surface area contributed by atoms with Crippen molar-refractivity contribution >= 4 is 94.5 Å². The summed E-state index contributed by atoms with van der Waals surface area (Å²) in [5, 5.41) is 8.03. The summed E-state index contributed by atoms with van der Waals surface area (Å²) in [6.07, 6.45) is 0.